The van der Waals surface area contributed by atoms with E-state index in [9.17, 15) is 5.11 Å². The van der Waals surface area contributed by atoms with Crippen LogP contribution in [0.2, 0.25) is 0 Å². The summed E-state index contributed by atoms with van der Waals surface area (Å²) in [6.45, 7) is 0. The van der Waals surface area contributed by atoms with E-state index in [2.05, 4.69) is 6.26 Å². The van der Waals surface area contributed by atoms with Gasteiger partial charge in [0, 0.05) is 0 Å². The molecule has 0 amide bonds. The zero-order chi connectivity index (χ0) is 6.97. The summed E-state index contributed by atoms with van der Waals surface area (Å²) in [5.74, 6) is 0.238. The molecule has 1 N–H and O–H groups in total. The molecule has 1 aromatic carbocycles. The number of phenolic OH excluding ortho intramolecular Hbond substituents is 1. The Hall–Kier alpha value is -1.44. The van der Waals surface area contributed by atoms with Crippen molar-refractivity contribution in [3.05, 3.63) is 30.5 Å². The SMILES string of the molecule is Oc1cccc2o[c]cc12. The van der Waals surface area contributed by atoms with Crippen molar-refractivity contribution in [2.24, 2.45) is 0 Å². The Morgan fingerprint density at radius 1 is 1.40 bits per heavy atom. The van der Waals surface area contributed by atoms with Crippen LogP contribution >= 0.6 is 0 Å². The van der Waals surface area contributed by atoms with Crippen LogP contribution in [0.25, 0.3) is 11.0 Å². The molecule has 0 aliphatic carbocycles. The predicted molar refractivity (Wildman–Crippen MR) is 36.7 cm³/mol. The molecule has 0 unspecified atom stereocenters. The van der Waals surface area contributed by atoms with Crippen LogP contribution in [-0.4, -0.2) is 5.11 Å². The first-order valence-corrected chi connectivity index (χ1v) is 2.95. The van der Waals surface area contributed by atoms with Crippen LogP contribution in [0.4, 0.5) is 0 Å². The maximum atomic E-state index is 9.18. The van der Waals surface area contributed by atoms with Crippen LogP contribution in [0.1, 0.15) is 0 Å². The van der Waals surface area contributed by atoms with E-state index in [1.54, 1.807) is 24.3 Å². The lowest BCUT2D eigenvalue weighted by atomic mass is 10.2. The van der Waals surface area contributed by atoms with Crippen LogP contribution in [0.3, 0.4) is 0 Å². The molecule has 2 heteroatoms. The third kappa shape index (κ3) is 0.589. The number of aromatic hydroxyl groups is 1. The van der Waals surface area contributed by atoms with Crippen molar-refractivity contribution in [1.29, 1.82) is 0 Å². The zero-order valence-electron chi connectivity index (χ0n) is 5.16. The highest BCUT2D eigenvalue weighted by Crippen LogP contribution is 2.23. The summed E-state index contributed by atoms with van der Waals surface area (Å²) in [5.41, 5.74) is 0.667. The smallest absolute Gasteiger partial charge is 0.170 e. The van der Waals surface area contributed by atoms with Crippen molar-refractivity contribution in [3.8, 4) is 5.75 Å². The highest BCUT2D eigenvalue weighted by molar-refractivity contribution is 5.83. The molecule has 2 nitrogen and oxygen atoms in total. The molecule has 0 bridgehead atoms. The van der Waals surface area contributed by atoms with Crippen LogP contribution in [-0.2, 0) is 0 Å². The zero-order valence-corrected chi connectivity index (χ0v) is 5.16. The molecular weight excluding hydrogens is 128 g/mol. The molecule has 49 valence electrons. The molecule has 10 heavy (non-hydrogen) atoms. The van der Waals surface area contributed by atoms with Crippen LogP contribution < -0.4 is 0 Å². The number of phenols is 1. The van der Waals surface area contributed by atoms with Crippen LogP contribution in [0, 0.1) is 6.26 Å². The van der Waals surface area contributed by atoms with E-state index in [4.69, 9.17) is 4.42 Å². The first kappa shape index (κ1) is 5.35. The molecule has 0 fully saturated rings. The summed E-state index contributed by atoms with van der Waals surface area (Å²) in [5, 5.41) is 9.89. The fraction of sp³-hybridized carbons (Fsp3) is 0. The van der Waals surface area contributed by atoms with Crippen molar-refractivity contribution in [2.75, 3.05) is 0 Å². The van der Waals surface area contributed by atoms with Gasteiger partial charge in [0.05, 0.1) is 5.39 Å². The van der Waals surface area contributed by atoms with Crippen molar-refractivity contribution in [1.82, 2.24) is 0 Å². The molecule has 1 heterocycles. The van der Waals surface area contributed by atoms with E-state index in [-0.39, 0.29) is 5.75 Å². The van der Waals surface area contributed by atoms with E-state index in [0.29, 0.717) is 11.0 Å². The average Bonchev–Trinajstić information content (AvgIpc) is 2.36. The molecule has 2 rings (SSSR count). The summed E-state index contributed by atoms with van der Waals surface area (Å²) in [6, 6.07) is 6.75. The van der Waals surface area contributed by atoms with Gasteiger partial charge in [0.2, 0.25) is 0 Å². The monoisotopic (exact) mass is 133 g/mol. The van der Waals surface area contributed by atoms with Gasteiger partial charge in [0.25, 0.3) is 0 Å². The summed E-state index contributed by atoms with van der Waals surface area (Å²) in [4.78, 5) is 0. The summed E-state index contributed by atoms with van der Waals surface area (Å²) in [6.07, 6.45) is 2.54. The van der Waals surface area contributed by atoms with Crippen molar-refractivity contribution < 1.29 is 9.52 Å². The highest BCUT2D eigenvalue weighted by Gasteiger charge is 1.99. The van der Waals surface area contributed by atoms with Gasteiger partial charge in [0.15, 0.2) is 6.26 Å². The van der Waals surface area contributed by atoms with E-state index in [1.807, 2.05) is 0 Å². The average molecular weight is 133 g/mol. The molecule has 0 saturated carbocycles. The third-order valence-corrected chi connectivity index (χ3v) is 1.42. The Balaban J connectivity index is 2.95. The number of fused-ring (bicyclic) bond motifs is 1. The molecule has 0 aliphatic heterocycles. The Labute approximate surface area is 57.7 Å². The van der Waals surface area contributed by atoms with Gasteiger partial charge in [-0.15, -0.1) is 0 Å². The Kier molecular flexibility index (Phi) is 0.947. The van der Waals surface area contributed by atoms with Gasteiger partial charge in [-0.2, -0.15) is 0 Å². The minimum Gasteiger partial charge on any atom is -0.507 e. The number of benzene rings is 1. The summed E-state index contributed by atoms with van der Waals surface area (Å²) >= 11 is 0. The molecule has 0 saturated heterocycles. The van der Waals surface area contributed by atoms with Crippen LogP contribution in [0.5, 0.6) is 5.75 Å². The Morgan fingerprint density at radius 2 is 2.30 bits per heavy atom. The van der Waals surface area contributed by atoms with Crippen molar-refractivity contribution >= 4 is 11.0 Å². The van der Waals surface area contributed by atoms with Crippen molar-refractivity contribution in [2.45, 2.75) is 0 Å². The highest BCUT2D eigenvalue weighted by atomic mass is 16.3. The van der Waals surface area contributed by atoms with Gasteiger partial charge in [-0.25, -0.2) is 0 Å². The molecule has 2 aromatic rings. The predicted octanol–water partition coefficient (Wildman–Crippen LogP) is 1.94. The molecular formula is C8H5O2. The van der Waals surface area contributed by atoms with Gasteiger partial charge in [-0.1, -0.05) is 6.07 Å². The lowest BCUT2D eigenvalue weighted by Crippen LogP contribution is -1.63. The van der Waals surface area contributed by atoms with Gasteiger partial charge >= 0.3 is 0 Å². The number of hydrogen-bond acceptors (Lipinski definition) is 2. The summed E-state index contributed by atoms with van der Waals surface area (Å²) < 4.78 is 4.91. The minimum atomic E-state index is 0.238. The van der Waals surface area contributed by atoms with E-state index < -0.39 is 0 Å². The first-order chi connectivity index (χ1) is 4.88. The molecule has 1 aromatic heterocycles. The van der Waals surface area contributed by atoms with Crippen LogP contribution in [0.15, 0.2) is 28.7 Å². The maximum Gasteiger partial charge on any atom is 0.170 e. The largest absolute Gasteiger partial charge is 0.507 e. The topological polar surface area (TPSA) is 33.4 Å². The number of furan rings is 1. The summed E-state index contributed by atoms with van der Waals surface area (Å²) in [7, 11) is 0. The normalized spacial score (nSPS) is 10.4. The van der Waals surface area contributed by atoms with Gasteiger partial charge in [-0.05, 0) is 18.2 Å². The van der Waals surface area contributed by atoms with E-state index in [1.165, 1.54) is 0 Å². The minimum absolute atomic E-state index is 0.238. The standard InChI is InChI=1S/C8H5O2/c9-7-2-1-3-8-6(7)4-5-10-8/h1-4,9H. The van der Waals surface area contributed by atoms with Gasteiger partial charge in [0.1, 0.15) is 11.3 Å². The van der Waals surface area contributed by atoms with E-state index >= 15 is 0 Å². The fourth-order valence-corrected chi connectivity index (χ4v) is 0.918. The molecule has 0 atom stereocenters. The second-order valence-corrected chi connectivity index (χ2v) is 2.05. The molecule has 0 aliphatic rings. The fourth-order valence-electron chi connectivity index (χ4n) is 0.918. The van der Waals surface area contributed by atoms with Crippen molar-refractivity contribution in [3.63, 3.8) is 0 Å². The Morgan fingerprint density at radius 3 is 3.10 bits per heavy atom. The van der Waals surface area contributed by atoms with Gasteiger partial charge < -0.3 is 9.52 Å². The maximum absolute atomic E-state index is 9.18. The number of rotatable bonds is 0. The first-order valence-electron chi connectivity index (χ1n) is 2.95. The Bertz CT molecular complexity index is 349. The lowest BCUT2D eigenvalue weighted by Gasteiger charge is -1.89. The second kappa shape index (κ2) is 1.77. The third-order valence-electron chi connectivity index (χ3n) is 1.42. The molecule has 0 spiro atoms. The lowest BCUT2D eigenvalue weighted by molar-refractivity contribution is 0.481. The van der Waals surface area contributed by atoms with Gasteiger partial charge in [-0.3, -0.25) is 0 Å². The van der Waals surface area contributed by atoms with E-state index in [0.717, 1.165) is 0 Å². The quantitative estimate of drug-likeness (QED) is 0.595. The number of hydrogen-bond donors (Lipinski definition) is 1. The second-order valence-electron chi connectivity index (χ2n) is 2.05. The molecule has 1 radical (unpaired) electrons.